The Hall–Kier alpha value is -2.02. The van der Waals surface area contributed by atoms with Gasteiger partial charge < -0.3 is 4.98 Å². The summed E-state index contributed by atoms with van der Waals surface area (Å²) in [4.78, 5) is 2.96. The number of aryl methyl sites for hydroxylation is 2. The zero-order valence-electron chi connectivity index (χ0n) is 10.9. The second-order valence-corrected chi connectivity index (χ2v) is 4.82. The van der Waals surface area contributed by atoms with Crippen molar-refractivity contribution in [3.05, 3.63) is 40.3 Å². The van der Waals surface area contributed by atoms with E-state index in [0.717, 1.165) is 5.69 Å². The highest BCUT2D eigenvalue weighted by Crippen LogP contribution is 2.25. The molecule has 0 aliphatic carbocycles. The molecule has 0 aliphatic heterocycles. The molecule has 0 saturated heterocycles. The summed E-state index contributed by atoms with van der Waals surface area (Å²) in [5.41, 5.74) is 1.82. The third kappa shape index (κ3) is 1.70. The number of hydrogen-bond donors (Lipinski definition) is 1. The second-order valence-electron chi connectivity index (χ2n) is 4.44. The van der Waals surface area contributed by atoms with Crippen molar-refractivity contribution in [1.29, 1.82) is 0 Å². The number of imidazole rings is 1. The Bertz CT molecular complexity index is 839. The molecule has 0 unspecified atom stereocenters. The molecule has 0 amide bonds. The van der Waals surface area contributed by atoms with E-state index < -0.39 is 11.6 Å². The lowest BCUT2D eigenvalue weighted by Gasteiger charge is -2.08. The number of rotatable bonds is 2. The molecule has 0 aliphatic rings. The number of hydrogen-bond acceptors (Lipinski definition) is 2. The van der Waals surface area contributed by atoms with Gasteiger partial charge in [0.1, 0.15) is 22.8 Å². The quantitative estimate of drug-likeness (QED) is 0.735. The Kier molecular flexibility index (Phi) is 2.93. The molecule has 0 radical (unpaired) electrons. The van der Waals surface area contributed by atoms with Crippen molar-refractivity contribution in [1.82, 2.24) is 19.3 Å². The van der Waals surface area contributed by atoms with Gasteiger partial charge in [-0.1, -0.05) is 6.07 Å². The summed E-state index contributed by atoms with van der Waals surface area (Å²) in [5, 5.41) is 4.33. The minimum Gasteiger partial charge on any atom is -0.327 e. The number of H-pyrrole nitrogens is 1. The zero-order chi connectivity index (χ0) is 14.4. The molecule has 2 aromatic heterocycles. The van der Waals surface area contributed by atoms with Crippen LogP contribution in [0.2, 0.25) is 0 Å². The first-order chi connectivity index (χ1) is 9.54. The van der Waals surface area contributed by atoms with E-state index >= 15 is 0 Å². The van der Waals surface area contributed by atoms with Crippen molar-refractivity contribution in [3.63, 3.8) is 0 Å². The summed E-state index contributed by atoms with van der Waals surface area (Å²) >= 11 is 5.21. The molecule has 0 saturated carbocycles. The molecule has 2 heterocycles. The largest absolute Gasteiger partial charge is 0.327 e. The van der Waals surface area contributed by atoms with Crippen LogP contribution in [0.25, 0.3) is 16.9 Å². The van der Waals surface area contributed by atoms with E-state index in [1.54, 1.807) is 4.68 Å². The van der Waals surface area contributed by atoms with Crippen LogP contribution in [0.1, 0.15) is 12.6 Å². The number of aromatic amines is 1. The van der Waals surface area contributed by atoms with Gasteiger partial charge in [0.15, 0.2) is 10.4 Å². The molecule has 3 aromatic rings. The van der Waals surface area contributed by atoms with Crippen molar-refractivity contribution < 1.29 is 8.78 Å². The smallest absolute Gasteiger partial charge is 0.184 e. The van der Waals surface area contributed by atoms with E-state index in [0.29, 0.717) is 17.7 Å². The van der Waals surface area contributed by atoms with Crippen molar-refractivity contribution in [2.75, 3.05) is 0 Å². The van der Waals surface area contributed by atoms with Crippen molar-refractivity contribution in [2.24, 2.45) is 0 Å². The van der Waals surface area contributed by atoms with Crippen LogP contribution in [0.5, 0.6) is 0 Å². The van der Waals surface area contributed by atoms with E-state index in [1.807, 2.05) is 13.8 Å². The van der Waals surface area contributed by atoms with Gasteiger partial charge in [0, 0.05) is 6.54 Å². The van der Waals surface area contributed by atoms with Crippen LogP contribution in [0.3, 0.4) is 0 Å². The second kappa shape index (κ2) is 4.52. The van der Waals surface area contributed by atoms with E-state index in [-0.39, 0.29) is 10.5 Å². The first-order valence-corrected chi connectivity index (χ1v) is 6.58. The monoisotopic (exact) mass is 294 g/mol. The predicted octanol–water partition coefficient (Wildman–Crippen LogP) is 3.49. The SMILES string of the molecule is CCn1nc(C)c2[nH]c(=S)n(-c3c(F)cccc3F)c21. The highest BCUT2D eigenvalue weighted by molar-refractivity contribution is 7.71. The first-order valence-electron chi connectivity index (χ1n) is 6.17. The minimum absolute atomic E-state index is 0.182. The summed E-state index contributed by atoms with van der Waals surface area (Å²) in [6.07, 6.45) is 0. The topological polar surface area (TPSA) is 38.5 Å². The van der Waals surface area contributed by atoms with Gasteiger partial charge in [0.25, 0.3) is 0 Å². The average molecular weight is 294 g/mol. The van der Waals surface area contributed by atoms with Crippen LogP contribution >= 0.6 is 12.2 Å². The van der Waals surface area contributed by atoms with Gasteiger partial charge in [-0.2, -0.15) is 5.10 Å². The Labute approximate surface area is 118 Å². The minimum atomic E-state index is -0.663. The van der Waals surface area contributed by atoms with E-state index in [9.17, 15) is 8.78 Å². The lowest BCUT2D eigenvalue weighted by atomic mass is 10.3. The fourth-order valence-electron chi connectivity index (χ4n) is 2.33. The van der Waals surface area contributed by atoms with Crippen LogP contribution in [0.4, 0.5) is 8.78 Å². The van der Waals surface area contributed by atoms with Gasteiger partial charge in [-0.25, -0.2) is 13.5 Å². The van der Waals surface area contributed by atoms with Crippen LogP contribution in [0.15, 0.2) is 18.2 Å². The lowest BCUT2D eigenvalue weighted by molar-refractivity contribution is 0.566. The molecule has 1 N–H and O–H groups in total. The van der Waals surface area contributed by atoms with Crippen molar-refractivity contribution in [3.8, 4) is 5.69 Å². The average Bonchev–Trinajstić information content (AvgIpc) is 2.88. The fourth-order valence-corrected chi connectivity index (χ4v) is 2.61. The highest BCUT2D eigenvalue weighted by atomic mass is 32.1. The Morgan fingerprint density at radius 1 is 1.30 bits per heavy atom. The molecule has 104 valence electrons. The van der Waals surface area contributed by atoms with Crippen molar-refractivity contribution in [2.45, 2.75) is 20.4 Å². The molecule has 0 fully saturated rings. The number of aromatic nitrogens is 4. The predicted molar refractivity (Wildman–Crippen MR) is 74.6 cm³/mol. The normalized spacial score (nSPS) is 11.4. The molecule has 0 atom stereocenters. The maximum Gasteiger partial charge on any atom is 0.184 e. The lowest BCUT2D eigenvalue weighted by Crippen LogP contribution is -2.07. The fraction of sp³-hybridized carbons (Fsp3) is 0.231. The summed E-state index contributed by atoms with van der Waals surface area (Å²) in [7, 11) is 0. The Balaban J connectivity index is 2.48. The number of halogens is 2. The molecule has 4 nitrogen and oxygen atoms in total. The number of benzene rings is 1. The summed E-state index contributed by atoms with van der Waals surface area (Å²) in [6.45, 7) is 4.30. The van der Waals surface area contributed by atoms with Crippen LogP contribution in [0, 0.1) is 23.3 Å². The first kappa shape index (κ1) is 13.0. The molecule has 0 spiro atoms. The van der Waals surface area contributed by atoms with Crippen molar-refractivity contribution >= 4 is 23.4 Å². The Morgan fingerprint density at radius 3 is 2.55 bits per heavy atom. The molecule has 1 aromatic carbocycles. The number of fused-ring (bicyclic) bond motifs is 1. The van der Waals surface area contributed by atoms with E-state index in [2.05, 4.69) is 10.1 Å². The van der Waals surface area contributed by atoms with Crippen LogP contribution < -0.4 is 0 Å². The maximum atomic E-state index is 14.0. The molecular weight excluding hydrogens is 282 g/mol. The molecule has 7 heteroatoms. The van der Waals surface area contributed by atoms with Gasteiger partial charge in [0.05, 0.1) is 5.69 Å². The molecule has 0 bridgehead atoms. The van der Waals surface area contributed by atoms with Gasteiger partial charge in [-0.15, -0.1) is 0 Å². The Morgan fingerprint density at radius 2 is 1.95 bits per heavy atom. The third-order valence-corrected chi connectivity index (χ3v) is 3.49. The molecule has 3 rings (SSSR count). The van der Waals surface area contributed by atoms with Gasteiger partial charge in [0.2, 0.25) is 0 Å². The van der Waals surface area contributed by atoms with Gasteiger partial charge in [-0.3, -0.25) is 4.57 Å². The zero-order valence-corrected chi connectivity index (χ0v) is 11.8. The molecule has 20 heavy (non-hydrogen) atoms. The van der Waals surface area contributed by atoms with E-state index in [4.69, 9.17) is 12.2 Å². The van der Waals surface area contributed by atoms with Gasteiger partial charge >= 0.3 is 0 Å². The number of nitrogens with one attached hydrogen (secondary N) is 1. The summed E-state index contributed by atoms with van der Waals surface area (Å²) in [5.74, 6) is -1.33. The third-order valence-electron chi connectivity index (χ3n) is 3.21. The highest BCUT2D eigenvalue weighted by Gasteiger charge is 2.19. The van der Waals surface area contributed by atoms with Crippen LogP contribution in [-0.2, 0) is 6.54 Å². The van der Waals surface area contributed by atoms with Crippen LogP contribution in [-0.4, -0.2) is 19.3 Å². The number of nitrogens with zero attached hydrogens (tertiary/aromatic N) is 3. The standard InChI is InChI=1S/C13H12F2N4S/c1-3-18-12-10(7(2)17-18)16-13(20)19(12)11-8(14)5-4-6-9(11)15/h4-6H,3H2,1-2H3,(H,16,20). The molecular formula is C13H12F2N4S. The summed E-state index contributed by atoms with van der Waals surface area (Å²) in [6, 6.07) is 3.74. The van der Waals surface area contributed by atoms with E-state index in [1.165, 1.54) is 22.8 Å². The number of para-hydroxylation sites is 1. The maximum absolute atomic E-state index is 14.0. The van der Waals surface area contributed by atoms with Gasteiger partial charge in [-0.05, 0) is 38.2 Å². The summed E-state index contributed by atoms with van der Waals surface area (Å²) < 4.78 is 31.3.